The maximum absolute atomic E-state index is 13.0. The second kappa shape index (κ2) is 11.8. The predicted octanol–water partition coefficient (Wildman–Crippen LogP) is 3.89. The van der Waals surface area contributed by atoms with E-state index in [1.54, 1.807) is 19.9 Å². The number of ether oxygens (including phenoxy) is 1. The summed E-state index contributed by atoms with van der Waals surface area (Å²) in [6.07, 6.45) is 2.51. The van der Waals surface area contributed by atoms with Gasteiger partial charge in [-0.3, -0.25) is 9.69 Å². The maximum Gasteiger partial charge on any atom is 0.251 e. The van der Waals surface area contributed by atoms with Gasteiger partial charge in [-0.2, -0.15) is 4.31 Å². The van der Waals surface area contributed by atoms with Gasteiger partial charge in [-0.15, -0.1) is 0 Å². The number of amides is 1. The van der Waals surface area contributed by atoms with E-state index in [4.69, 9.17) is 4.74 Å². The number of piperidine rings is 1. The van der Waals surface area contributed by atoms with E-state index in [-0.39, 0.29) is 22.1 Å². The fourth-order valence-electron chi connectivity index (χ4n) is 4.25. The molecule has 1 N–H and O–H groups in total. The lowest BCUT2D eigenvalue weighted by Crippen LogP contribution is -2.32. The average Bonchev–Trinajstić information content (AvgIpc) is 2.85. The Bertz CT molecular complexity index is 1060. The van der Waals surface area contributed by atoms with Gasteiger partial charge >= 0.3 is 0 Å². The summed E-state index contributed by atoms with van der Waals surface area (Å²) in [5.41, 5.74) is 2.54. The minimum absolute atomic E-state index is 0.00260. The van der Waals surface area contributed by atoms with Crippen molar-refractivity contribution >= 4 is 15.9 Å². The molecule has 0 atom stereocenters. The quantitative estimate of drug-likeness (QED) is 0.550. The van der Waals surface area contributed by atoms with Crippen molar-refractivity contribution in [2.75, 3.05) is 33.3 Å². The summed E-state index contributed by atoms with van der Waals surface area (Å²) in [5.74, 6) is 0.716. The number of nitrogens with zero attached hydrogens (tertiary/aromatic N) is 2. The van der Waals surface area contributed by atoms with Crippen LogP contribution in [-0.4, -0.2) is 56.8 Å². The summed E-state index contributed by atoms with van der Waals surface area (Å²) in [7, 11) is -2.34. The number of benzene rings is 2. The highest BCUT2D eigenvalue weighted by atomic mass is 32.2. The van der Waals surface area contributed by atoms with E-state index < -0.39 is 10.0 Å². The highest BCUT2D eigenvalue weighted by molar-refractivity contribution is 7.89. The Hall–Kier alpha value is -2.42. The standard InChI is InChI=1S/C26H37N3O4S/c1-5-29(6-2)34(31,32)25-17-23(11-12-24(25)33-4)26(30)27-18-21-7-9-22(10-8-21)19-28-15-13-20(3)14-16-28/h7-12,17,20H,5-6,13-16,18-19H2,1-4H3,(H,27,30). The van der Waals surface area contributed by atoms with Crippen LogP contribution in [0.1, 0.15) is 55.1 Å². The van der Waals surface area contributed by atoms with E-state index in [1.807, 2.05) is 12.1 Å². The monoisotopic (exact) mass is 487 g/mol. The molecule has 0 spiro atoms. The lowest BCUT2D eigenvalue weighted by atomic mass is 9.99. The van der Waals surface area contributed by atoms with E-state index >= 15 is 0 Å². The molecule has 34 heavy (non-hydrogen) atoms. The highest BCUT2D eigenvalue weighted by Crippen LogP contribution is 2.28. The molecule has 0 unspecified atom stereocenters. The van der Waals surface area contributed by atoms with Crippen LogP contribution in [0, 0.1) is 5.92 Å². The Balaban J connectivity index is 1.64. The molecule has 1 amide bonds. The lowest BCUT2D eigenvalue weighted by Gasteiger charge is -2.30. The summed E-state index contributed by atoms with van der Waals surface area (Å²) in [4.78, 5) is 15.3. The highest BCUT2D eigenvalue weighted by Gasteiger charge is 2.26. The number of sulfonamides is 1. The zero-order valence-electron chi connectivity index (χ0n) is 20.7. The molecule has 0 aliphatic carbocycles. The van der Waals surface area contributed by atoms with Crippen LogP contribution in [0.15, 0.2) is 47.4 Å². The van der Waals surface area contributed by atoms with Crippen LogP contribution in [0.3, 0.4) is 0 Å². The molecular weight excluding hydrogens is 450 g/mol. The molecule has 1 fully saturated rings. The second-order valence-corrected chi connectivity index (χ2v) is 10.8. The molecule has 8 heteroatoms. The fourth-order valence-corrected chi connectivity index (χ4v) is 5.89. The molecule has 2 aromatic carbocycles. The summed E-state index contributed by atoms with van der Waals surface area (Å²) < 4.78 is 32.7. The van der Waals surface area contributed by atoms with Gasteiger partial charge in [-0.25, -0.2) is 8.42 Å². The minimum atomic E-state index is -3.76. The molecule has 7 nitrogen and oxygen atoms in total. The first-order valence-electron chi connectivity index (χ1n) is 12.0. The normalized spacial score (nSPS) is 15.4. The van der Waals surface area contributed by atoms with Gasteiger partial charge < -0.3 is 10.1 Å². The molecule has 1 saturated heterocycles. The Kier molecular flexibility index (Phi) is 9.10. The summed E-state index contributed by atoms with van der Waals surface area (Å²) in [5, 5.41) is 2.90. The summed E-state index contributed by atoms with van der Waals surface area (Å²) >= 11 is 0. The third kappa shape index (κ3) is 6.37. The van der Waals surface area contributed by atoms with E-state index in [2.05, 4.69) is 29.3 Å². The first kappa shape index (κ1) is 26.2. The molecule has 186 valence electrons. The van der Waals surface area contributed by atoms with Crippen molar-refractivity contribution < 1.29 is 17.9 Å². The lowest BCUT2D eigenvalue weighted by molar-refractivity contribution is 0.0950. The van der Waals surface area contributed by atoms with Gasteiger partial charge in [-0.1, -0.05) is 45.0 Å². The molecule has 2 aromatic rings. The number of hydrogen-bond acceptors (Lipinski definition) is 5. The number of rotatable bonds is 10. The zero-order valence-corrected chi connectivity index (χ0v) is 21.5. The van der Waals surface area contributed by atoms with Crippen molar-refractivity contribution in [3.05, 3.63) is 59.2 Å². The smallest absolute Gasteiger partial charge is 0.251 e. The Morgan fingerprint density at radius 3 is 2.26 bits per heavy atom. The van der Waals surface area contributed by atoms with E-state index in [0.717, 1.165) is 31.1 Å². The van der Waals surface area contributed by atoms with Crippen molar-refractivity contribution in [2.45, 2.75) is 51.6 Å². The van der Waals surface area contributed by atoms with E-state index in [1.165, 1.54) is 42.0 Å². The zero-order chi connectivity index (χ0) is 24.7. The number of likely N-dealkylation sites (tertiary alicyclic amines) is 1. The van der Waals surface area contributed by atoms with Crippen LogP contribution < -0.4 is 10.1 Å². The maximum atomic E-state index is 13.0. The molecule has 1 aliphatic heterocycles. The van der Waals surface area contributed by atoms with Crippen LogP contribution in [0.2, 0.25) is 0 Å². The minimum Gasteiger partial charge on any atom is -0.495 e. The molecule has 1 heterocycles. The van der Waals surface area contributed by atoms with Crippen molar-refractivity contribution in [1.29, 1.82) is 0 Å². The van der Waals surface area contributed by atoms with Crippen LogP contribution in [0.5, 0.6) is 5.75 Å². The second-order valence-electron chi connectivity index (χ2n) is 8.91. The number of methoxy groups -OCH3 is 1. The Morgan fingerprint density at radius 2 is 1.68 bits per heavy atom. The molecule has 0 saturated carbocycles. The van der Waals surface area contributed by atoms with Crippen LogP contribution in [0.25, 0.3) is 0 Å². The molecule has 3 rings (SSSR count). The third-order valence-electron chi connectivity index (χ3n) is 6.51. The van der Waals surface area contributed by atoms with Gasteiger partial charge in [0.15, 0.2) is 0 Å². The number of carbonyl (C=O) groups excluding carboxylic acids is 1. The average molecular weight is 488 g/mol. The Morgan fingerprint density at radius 1 is 1.06 bits per heavy atom. The summed E-state index contributed by atoms with van der Waals surface area (Å²) in [6, 6.07) is 12.8. The molecule has 1 aliphatic rings. The SMILES string of the molecule is CCN(CC)S(=O)(=O)c1cc(C(=O)NCc2ccc(CN3CCC(C)CC3)cc2)ccc1OC. The van der Waals surface area contributed by atoms with Gasteiger partial charge in [0.25, 0.3) is 5.91 Å². The van der Waals surface area contributed by atoms with Crippen molar-refractivity contribution in [3.63, 3.8) is 0 Å². The van der Waals surface area contributed by atoms with Crippen LogP contribution in [-0.2, 0) is 23.1 Å². The summed E-state index contributed by atoms with van der Waals surface area (Å²) in [6.45, 7) is 10.2. The van der Waals surface area contributed by atoms with Crippen molar-refractivity contribution in [2.24, 2.45) is 5.92 Å². The number of carbonyl (C=O) groups is 1. The van der Waals surface area contributed by atoms with E-state index in [0.29, 0.717) is 19.6 Å². The first-order chi connectivity index (χ1) is 16.3. The van der Waals surface area contributed by atoms with Gasteiger partial charge in [0.1, 0.15) is 10.6 Å². The number of hydrogen-bond donors (Lipinski definition) is 1. The molecular formula is C26H37N3O4S. The van der Waals surface area contributed by atoms with Crippen molar-refractivity contribution in [3.8, 4) is 5.75 Å². The van der Waals surface area contributed by atoms with Gasteiger partial charge in [0.05, 0.1) is 7.11 Å². The molecule has 0 radical (unpaired) electrons. The fraction of sp³-hybridized carbons (Fsp3) is 0.500. The largest absolute Gasteiger partial charge is 0.495 e. The topological polar surface area (TPSA) is 79.0 Å². The molecule has 0 aromatic heterocycles. The molecule has 0 bridgehead atoms. The van der Waals surface area contributed by atoms with Crippen LogP contribution >= 0.6 is 0 Å². The van der Waals surface area contributed by atoms with Gasteiger partial charge in [0, 0.05) is 31.7 Å². The first-order valence-corrected chi connectivity index (χ1v) is 13.5. The van der Waals surface area contributed by atoms with Gasteiger partial charge in [-0.05, 0) is 61.2 Å². The predicted molar refractivity (Wildman–Crippen MR) is 134 cm³/mol. The van der Waals surface area contributed by atoms with E-state index in [9.17, 15) is 13.2 Å². The van der Waals surface area contributed by atoms with Crippen LogP contribution in [0.4, 0.5) is 0 Å². The third-order valence-corrected chi connectivity index (χ3v) is 8.58. The Labute approximate surface area is 204 Å². The number of nitrogens with one attached hydrogen (secondary N) is 1. The van der Waals surface area contributed by atoms with Gasteiger partial charge in [0.2, 0.25) is 10.0 Å². The van der Waals surface area contributed by atoms with Crippen molar-refractivity contribution in [1.82, 2.24) is 14.5 Å².